The third-order valence-corrected chi connectivity index (χ3v) is 3.34. The highest BCUT2D eigenvalue weighted by Gasteiger charge is 2.10. The van der Waals surface area contributed by atoms with Crippen molar-refractivity contribution >= 4 is 29.3 Å². The molecule has 0 saturated carbocycles. The summed E-state index contributed by atoms with van der Waals surface area (Å²) in [5.74, 6) is 2.26. The summed E-state index contributed by atoms with van der Waals surface area (Å²) in [5, 5.41) is 14.6. The van der Waals surface area contributed by atoms with Crippen LogP contribution < -0.4 is 15.4 Å². The Balaban J connectivity index is 2.06. The zero-order chi connectivity index (χ0) is 19.6. The Hall–Kier alpha value is -4.03. The molecule has 6 nitrogen and oxygen atoms in total. The van der Waals surface area contributed by atoms with Gasteiger partial charge < -0.3 is 15.4 Å². The molecule has 0 radical (unpaired) electrons. The molecule has 0 aromatic heterocycles. The number of nitriles is 1. The number of carbonyl (C=O) groups is 2. The third kappa shape index (κ3) is 6.08. The number of carbonyl (C=O) groups excluding carboxylic acids is 2. The molecule has 2 aromatic rings. The number of amides is 2. The summed E-state index contributed by atoms with van der Waals surface area (Å²) >= 11 is 0. The number of rotatable bonds is 6. The molecule has 134 valence electrons. The van der Waals surface area contributed by atoms with Gasteiger partial charge >= 0.3 is 0 Å². The number of anilines is 2. The van der Waals surface area contributed by atoms with Gasteiger partial charge in [-0.2, -0.15) is 5.26 Å². The van der Waals surface area contributed by atoms with E-state index in [1.165, 1.54) is 13.0 Å². The van der Waals surface area contributed by atoms with Gasteiger partial charge in [-0.25, -0.2) is 0 Å². The van der Waals surface area contributed by atoms with Crippen molar-refractivity contribution in [3.05, 3.63) is 59.7 Å². The van der Waals surface area contributed by atoms with Crippen LogP contribution in [-0.2, 0) is 9.59 Å². The summed E-state index contributed by atoms with van der Waals surface area (Å²) in [7, 11) is 0. The van der Waals surface area contributed by atoms with Gasteiger partial charge in [0, 0.05) is 18.3 Å². The first-order chi connectivity index (χ1) is 13.0. The Kier molecular flexibility index (Phi) is 6.76. The van der Waals surface area contributed by atoms with Crippen molar-refractivity contribution in [3.8, 4) is 24.2 Å². The molecule has 27 heavy (non-hydrogen) atoms. The number of nitrogens with one attached hydrogen (secondary N) is 2. The lowest BCUT2D eigenvalue weighted by Crippen LogP contribution is -2.13. The number of nitrogens with zero attached hydrogens (tertiary/aromatic N) is 1. The van der Waals surface area contributed by atoms with Crippen molar-refractivity contribution in [1.29, 1.82) is 5.26 Å². The Bertz CT molecular complexity index is 931. The topological polar surface area (TPSA) is 91.2 Å². The third-order valence-electron chi connectivity index (χ3n) is 3.34. The average molecular weight is 359 g/mol. The van der Waals surface area contributed by atoms with Crippen LogP contribution in [0, 0.1) is 23.7 Å². The molecule has 0 spiro atoms. The van der Waals surface area contributed by atoms with E-state index in [1.807, 2.05) is 6.07 Å². The molecule has 2 N–H and O–H groups in total. The molecule has 0 aliphatic carbocycles. The van der Waals surface area contributed by atoms with Gasteiger partial charge in [0.1, 0.15) is 24.0 Å². The lowest BCUT2D eigenvalue weighted by Gasteiger charge is -2.07. The number of ether oxygens (including phenoxy) is 1. The van der Waals surface area contributed by atoms with Gasteiger partial charge in [-0.15, -0.1) is 6.42 Å². The maximum Gasteiger partial charge on any atom is 0.266 e. The number of benzene rings is 2. The minimum Gasteiger partial charge on any atom is -0.481 e. The van der Waals surface area contributed by atoms with E-state index in [0.717, 1.165) is 0 Å². The number of terminal acetylenes is 1. The van der Waals surface area contributed by atoms with E-state index in [9.17, 15) is 14.9 Å². The first kappa shape index (κ1) is 19.3. The van der Waals surface area contributed by atoms with Gasteiger partial charge in [-0.3, -0.25) is 9.59 Å². The standard InChI is InChI=1S/C21H17N3O3/c1-3-12-27-20-10-4-16(5-11-20)13-17(14-22)21(26)24-19-8-6-18(7-9-19)23-15(2)25/h1,4-11,13H,12H2,2H3,(H,23,25)(H,24,26)/b17-13-. The van der Waals surface area contributed by atoms with Gasteiger partial charge in [-0.1, -0.05) is 18.1 Å². The molecule has 2 amide bonds. The van der Waals surface area contributed by atoms with Gasteiger partial charge in [0.15, 0.2) is 0 Å². The highest BCUT2D eigenvalue weighted by Crippen LogP contribution is 2.17. The van der Waals surface area contributed by atoms with E-state index in [2.05, 4.69) is 16.6 Å². The molecule has 0 atom stereocenters. The van der Waals surface area contributed by atoms with E-state index in [1.54, 1.807) is 48.5 Å². The van der Waals surface area contributed by atoms with Crippen LogP contribution in [0.25, 0.3) is 6.08 Å². The Morgan fingerprint density at radius 2 is 1.67 bits per heavy atom. The molecule has 0 aliphatic heterocycles. The van der Waals surface area contributed by atoms with Gasteiger partial charge in [-0.05, 0) is 48.0 Å². The first-order valence-corrected chi connectivity index (χ1v) is 7.99. The van der Waals surface area contributed by atoms with Crippen molar-refractivity contribution in [2.75, 3.05) is 17.2 Å². The molecule has 0 bridgehead atoms. The summed E-state index contributed by atoms with van der Waals surface area (Å²) in [6.45, 7) is 1.58. The molecule has 0 unspecified atom stereocenters. The van der Waals surface area contributed by atoms with Crippen LogP contribution in [0.3, 0.4) is 0 Å². The second-order valence-electron chi connectivity index (χ2n) is 5.44. The Morgan fingerprint density at radius 1 is 1.07 bits per heavy atom. The number of hydrogen-bond donors (Lipinski definition) is 2. The predicted molar refractivity (Wildman–Crippen MR) is 104 cm³/mol. The van der Waals surface area contributed by atoms with Crippen molar-refractivity contribution < 1.29 is 14.3 Å². The van der Waals surface area contributed by atoms with Crippen LogP contribution in [0.15, 0.2) is 54.1 Å². The predicted octanol–water partition coefficient (Wildman–Crippen LogP) is 3.20. The van der Waals surface area contributed by atoms with E-state index in [0.29, 0.717) is 22.7 Å². The second-order valence-corrected chi connectivity index (χ2v) is 5.44. The molecule has 0 aliphatic rings. The molecule has 0 saturated heterocycles. The van der Waals surface area contributed by atoms with Gasteiger partial charge in [0.2, 0.25) is 5.91 Å². The average Bonchev–Trinajstić information content (AvgIpc) is 2.66. The quantitative estimate of drug-likeness (QED) is 0.471. The van der Waals surface area contributed by atoms with Crippen LogP contribution in [0.4, 0.5) is 11.4 Å². The smallest absolute Gasteiger partial charge is 0.266 e. The van der Waals surface area contributed by atoms with Crippen LogP contribution in [0.5, 0.6) is 5.75 Å². The molecule has 0 heterocycles. The van der Waals surface area contributed by atoms with Crippen LogP contribution >= 0.6 is 0 Å². The molecule has 2 rings (SSSR count). The highest BCUT2D eigenvalue weighted by molar-refractivity contribution is 6.09. The largest absolute Gasteiger partial charge is 0.481 e. The maximum atomic E-state index is 12.3. The van der Waals surface area contributed by atoms with Gasteiger partial charge in [0.25, 0.3) is 5.91 Å². The molecule has 2 aromatic carbocycles. The fraction of sp³-hybridized carbons (Fsp3) is 0.0952. The van der Waals surface area contributed by atoms with Crippen molar-refractivity contribution in [2.24, 2.45) is 0 Å². The SMILES string of the molecule is C#CCOc1ccc(/C=C(/C#N)C(=O)Nc2ccc(NC(C)=O)cc2)cc1. The fourth-order valence-corrected chi connectivity index (χ4v) is 2.14. The first-order valence-electron chi connectivity index (χ1n) is 7.99. The van der Waals surface area contributed by atoms with E-state index < -0.39 is 5.91 Å². The van der Waals surface area contributed by atoms with Crippen molar-refractivity contribution in [3.63, 3.8) is 0 Å². The van der Waals surface area contributed by atoms with Crippen LogP contribution in [-0.4, -0.2) is 18.4 Å². The number of hydrogen-bond acceptors (Lipinski definition) is 4. The molecular formula is C21H17N3O3. The van der Waals surface area contributed by atoms with E-state index >= 15 is 0 Å². The maximum absolute atomic E-state index is 12.3. The highest BCUT2D eigenvalue weighted by atomic mass is 16.5. The normalized spacial score (nSPS) is 10.3. The Labute approximate surface area is 157 Å². The van der Waals surface area contributed by atoms with Crippen LogP contribution in [0.2, 0.25) is 0 Å². The van der Waals surface area contributed by atoms with Crippen molar-refractivity contribution in [2.45, 2.75) is 6.92 Å². The molecule has 0 fully saturated rings. The summed E-state index contributed by atoms with van der Waals surface area (Å²) in [6, 6.07) is 15.3. The van der Waals surface area contributed by atoms with E-state index in [4.69, 9.17) is 11.2 Å². The lowest BCUT2D eigenvalue weighted by molar-refractivity contribution is -0.114. The van der Waals surface area contributed by atoms with Gasteiger partial charge in [0.05, 0.1) is 0 Å². The zero-order valence-electron chi connectivity index (χ0n) is 14.7. The second kappa shape index (κ2) is 9.45. The summed E-state index contributed by atoms with van der Waals surface area (Å²) in [4.78, 5) is 23.3. The Morgan fingerprint density at radius 3 is 2.19 bits per heavy atom. The summed E-state index contributed by atoms with van der Waals surface area (Å²) in [6.07, 6.45) is 6.61. The lowest BCUT2D eigenvalue weighted by atomic mass is 10.1. The van der Waals surface area contributed by atoms with Crippen LogP contribution in [0.1, 0.15) is 12.5 Å². The minimum atomic E-state index is -0.530. The molecular weight excluding hydrogens is 342 g/mol. The van der Waals surface area contributed by atoms with E-state index in [-0.39, 0.29) is 18.1 Å². The zero-order valence-corrected chi connectivity index (χ0v) is 14.7. The minimum absolute atomic E-state index is 0.0433. The monoisotopic (exact) mass is 359 g/mol. The fourth-order valence-electron chi connectivity index (χ4n) is 2.14. The molecule has 6 heteroatoms. The van der Waals surface area contributed by atoms with Crippen molar-refractivity contribution in [1.82, 2.24) is 0 Å². The summed E-state index contributed by atoms with van der Waals surface area (Å²) in [5.41, 5.74) is 1.76. The summed E-state index contributed by atoms with van der Waals surface area (Å²) < 4.78 is 5.27.